The number of nitrogens with zero attached hydrogens (tertiary/aromatic N) is 1. The maximum absolute atomic E-state index is 14.0. The van der Waals surface area contributed by atoms with E-state index >= 15 is 0 Å². The molecule has 0 saturated carbocycles. The zero-order chi connectivity index (χ0) is 24.0. The van der Waals surface area contributed by atoms with Crippen LogP contribution in [0.5, 0.6) is 11.5 Å². The number of hydrogen-bond acceptors (Lipinski definition) is 4. The van der Waals surface area contributed by atoms with E-state index in [0.717, 1.165) is 35.1 Å². The summed E-state index contributed by atoms with van der Waals surface area (Å²) in [6, 6.07) is 28.5. The molecule has 0 aliphatic carbocycles. The van der Waals surface area contributed by atoms with Gasteiger partial charge in [0.25, 0.3) is 5.91 Å². The van der Waals surface area contributed by atoms with Crippen molar-refractivity contribution in [3.8, 4) is 22.6 Å². The lowest BCUT2D eigenvalue weighted by atomic mass is 9.85. The highest BCUT2D eigenvalue weighted by Gasteiger charge is 2.52. The molecular weight excluding hydrogens is 438 g/mol. The van der Waals surface area contributed by atoms with Gasteiger partial charge in [0.2, 0.25) is 5.60 Å². The summed E-state index contributed by atoms with van der Waals surface area (Å²) in [5.74, 6) is 0.00897. The molecule has 5 nitrogen and oxygen atoms in total. The summed E-state index contributed by atoms with van der Waals surface area (Å²) in [5.41, 5.74) is 3.14. The van der Waals surface area contributed by atoms with Gasteiger partial charge >= 0.3 is 0 Å². The quantitative estimate of drug-likeness (QED) is 0.438. The fraction of sp³-hybridized carbons (Fsp3) is 0.167. The van der Waals surface area contributed by atoms with Crippen LogP contribution in [0.2, 0.25) is 0 Å². The van der Waals surface area contributed by atoms with Gasteiger partial charge in [-0.25, -0.2) is 0 Å². The number of benzene rings is 4. The number of aliphatic hydroxyl groups is 1. The van der Waals surface area contributed by atoms with Gasteiger partial charge in [0.15, 0.2) is 0 Å². The first-order valence-electron chi connectivity index (χ1n) is 11.8. The van der Waals surface area contributed by atoms with E-state index in [9.17, 15) is 15.0 Å². The van der Waals surface area contributed by atoms with Gasteiger partial charge < -0.3 is 19.8 Å². The van der Waals surface area contributed by atoms with Crippen molar-refractivity contribution >= 4 is 11.6 Å². The standard InChI is InChI=1S/C30H25NO4/c32-27-17-21-12-8-16-35-28(21)18-25(27)30(34)24-14-6-7-15-26(24)31(29(30)33)19-22-11-4-5-13-23(22)20-9-2-1-3-10-20/h1-7,9-11,13-15,17-18,32,34H,8,12,16,19H2. The molecular formula is C30H25NO4. The maximum Gasteiger partial charge on any atom is 0.268 e. The van der Waals surface area contributed by atoms with Gasteiger partial charge in [-0.05, 0) is 53.3 Å². The predicted octanol–water partition coefficient (Wildman–Crippen LogP) is 5.17. The Hall–Kier alpha value is -4.09. The third-order valence-electron chi connectivity index (χ3n) is 6.99. The Morgan fingerprint density at radius 2 is 1.63 bits per heavy atom. The van der Waals surface area contributed by atoms with Gasteiger partial charge in [-0.2, -0.15) is 0 Å². The SMILES string of the molecule is O=C1N(Cc2ccccc2-c2ccccc2)c2ccccc2C1(O)c1cc2c(cc1O)CCCO2. The van der Waals surface area contributed by atoms with Crippen LogP contribution in [-0.4, -0.2) is 22.7 Å². The molecule has 0 fully saturated rings. The summed E-state index contributed by atoms with van der Waals surface area (Å²) >= 11 is 0. The highest BCUT2D eigenvalue weighted by Crippen LogP contribution is 2.49. The molecule has 0 spiro atoms. The second-order valence-electron chi connectivity index (χ2n) is 9.07. The van der Waals surface area contributed by atoms with E-state index in [1.807, 2.05) is 66.7 Å². The summed E-state index contributed by atoms with van der Waals surface area (Å²) < 4.78 is 5.79. The van der Waals surface area contributed by atoms with E-state index in [-0.39, 0.29) is 17.9 Å². The van der Waals surface area contributed by atoms with Gasteiger partial charge in [0.05, 0.1) is 18.8 Å². The first-order valence-corrected chi connectivity index (χ1v) is 11.8. The van der Waals surface area contributed by atoms with Gasteiger partial charge in [-0.15, -0.1) is 0 Å². The first-order chi connectivity index (χ1) is 17.1. The number of anilines is 1. The molecule has 2 aliphatic heterocycles. The lowest BCUT2D eigenvalue weighted by Crippen LogP contribution is -2.41. The van der Waals surface area contributed by atoms with Crippen molar-refractivity contribution in [2.45, 2.75) is 25.0 Å². The summed E-state index contributed by atoms with van der Waals surface area (Å²) in [6.07, 6.45) is 1.65. The molecule has 2 aliphatic rings. The second-order valence-corrected chi connectivity index (χ2v) is 9.07. The number of phenolic OH excluding ortho intramolecular Hbond substituents is 1. The minimum atomic E-state index is -2.02. The van der Waals surface area contributed by atoms with Crippen molar-refractivity contribution in [1.29, 1.82) is 0 Å². The van der Waals surface area contributed by atoms with E-state index in [2.05, 4.69) is 0 Å². The summed E-state index contributed by atoms with van der Waals surface area (Å²) in [7, 11) is 0. The number of phenols is 1. The number of carbonyl (C=O) groups is 1. The van der Waals surface area contributed by atoms with E-state index < -0.39 is 11.5 Å². The van der Waals surface area contributed by atoms with Gasteiger partial charge in [-0.3, -0.25) is 4.79 Å². The van der Waals surface area contributed by atoms with Crippen LogP contribution in [0.25, 0.3) is 11.1 Å². The van der Waals surface area contributed by atoms with Crippen molar-refractivity contribution < 1.29 is 19.7 Å². The minimum Gasteiger partial charge on any atom is -0.508 e. The van der Waals surface area contributed by atoms with Gasteiger partial charge in [0, 0.05) is 11.1 Å². The fourth-order valence-electron chi connectivity index (χ4n) is 5.26. The molecule has 0 saturated heterocycles. The molecule has 174 valence electrons. The Morgan fingerprint density at radius 1 is 0.886 bits per heavy atom. The van der Waals surface area contributed by atoms with Crippen molar-refractivity contribution in [3.63, 3.8) is 0 Å². The highest BCUT2D eigenvalue weighted by molar-refractivity contribution is 6.09. The molecule has 2 heterocycles. The monoisotopic (exact) mass is 463 g/mol. The zero-order valence-corrected chi connectivity index (χ0v) is 19.1. The Morgan fingerprint density at radius 3 is 2.49 bits per heavy atom. The highest BCUT2D eigenvalue weighted by atomic mass is 16.5. The zero-order valence-electron chi connectivity index (χ0n) is 19.1. The fourth-order valence-corrected chi connectivity index (χ4v) is 5.26. The normalized spacial score (nSPS) is 18.7. The third-order valence-corrected chi connectivity index (χ3v) is 6.99. The molecule has 1 atom stereocenters. The molecule has 0 radical (unpaired) electrons. The van der Waals surface area contributed by atoms with E-state index in [1.54, 1.807) is 29.2 Å². The summed E-state index contributed by atoms with van der Waals surface area (Å²) in [4.78, 5) is 15.6. The number of amides is 1. The average molecular weight is 464 g/mol. The van der Waals surface area contributed by atoms with Crippen LogP contribution in [0, 0.1) is 0 Å². The van der Waals surface area contributed by atoms with Crippen LogP contribution in [-0.2, 0) is 23.4 Å². The predicted molar refractivity (Wildman–Crippen MR) is 134 cm³/mol. The minimum absolute atomic E-state index is 0.105. The van der Waals surface area contributed by atoms with E-state index in [4.69, 9.17) is 4.74 Å². The van der Waals surface area contributed by atoms with Crippen LogP contribution in [0.1, 0.15) is 28.7 Å². The summed E-state index contributed by atoms with van der Waals surface area (Å²) in [5, 5.41) is 22.9. The molecule has 1 unspecified atom stereocenters. The number of aromatic hydroxyl groups is 1. The number of para-hydroxylation sites is 1. The number of rotatable bonds is 4. The van der Waals surface area contributed by atoms with Crippen LogP contribution in [0.15, 0.2) is 91.0 Å². The lowest BCUT2D eigenvalue weighted by molar-refractivity contribution is -0.132. The van der Waals surface area contributed by atoms with Crippen molar-refractivity contribution in [3.05, 3.63) is 113 Å². The Balaban J connectivity index is 1.45. The van der Waals surface area contributed by atoms with Crippen LogP contribution in [0.4, 0.5) is 5.69 Å². The Kier molecular flexibility index (Phi) is 5.08. The second kappa shape index (κ2) is 8.29. The smallest absolute Gasteiger partial charge is 0.268 e. The number of hydrogen-bond donors (Lipinski definition) is 2. The lowest BCUT2D eigenvalue weighted by Gasteiger charge is -2.27. The first kappa shape index (κ1) is 21.4. The Bertz CT molecular complexity index is 1430. The third kappa shape index (κ3) is 3.39. The van der Waals surface area contributed by atoms with Crippen molar-refractivity contribution in [2.75, 3.05) is 11.5 Å². The maximum atomic E-state index is 14.0. The molecule has 35 heavy (non-hydrogen) atoms. The van der Waals surface area contributed by atoms with E-state index in [1.165, 1.54) is 0 Å². The molecule has 0 aromatic heterocycles. The molecule has 4 aromatic rings. The molecule has 1 amide bonds. The summed E-state index contributed by atoms with van der Waals surface area (Å²) in [6.45, 7) is 0.855. The van der Waals surface area contributed by atoms with E-state index in [0.29, 0.717) is 23.6 Å². The molecule has 0 bridgehead atoms. The molecule has 4 aromatic carbocycles. The number of carbonyl (C=O) groups excluding carboxylic acids is 1. The topological polar surface area (TPSA) is 70.0 Å². The number of ether oxygens (including phenoxy) is 1. The van der Waals surface area contributed by atoms with Crippen LogP contribution < -0.4 is 9.64 Å². The van der Waals surface area contributed by atoms with Gasteiger partial charge in [0.1, 0.15) is 11.5 Å². The van der Waals surface area contributed by atoms with Crippen LogP contribution in [0.3, 0.4) is 0 Å². The van der Waals surface area contributed by atoms with Crippen molar-refractivity contribution in [2.24, 2.45) is 0 Å². The average Bonchev–Trinajstić information content (AvgIpc) is 3.11. The number of fused-ring (bicyclic) bond motifs is 2. The largest absolute Gasteiger partial charge is 0.508 e. The van der Waals surface area contributed by atoms with Crippen LogP contribution >= 0.6 is 0 Å². The van der Waals surface area contributed by atoms with Crippen molar-refractivity contribution in [1.82, 2.24) is 0 Å². The number of aryl methyl sites for hydroxylation is 1. The van der Waals surface area contributed by atoms with Gasteiger partial charge in [-0.1, -0.05) is 72.8 Å². The molecule has 2 N–H and O–H groups in total. The Labute approximate surface area is 203 Å². The molecule has 6 rings (SSSR count). The molecule has 5 heteroatoms.